The lowest BCUT2D eigenvalue weighted by atomic mass is 10.1. The van der Waals surface area contributed by atoms with Crippen molar-refractivity contribution in [2.45, 2.75) is 6.92 Å². The van der Waals surface area contributed by atoms with Crippen LogP contribution < -0.4 is 4.74 Å². The largest absolute Gasteiger partial charge is 0.493 e. The van der Waals surface area contributed by atoms with Gasteiger partial charge in [-0.2, -0.15) is 0 Å². The quantitative estimate of drug-likeness (QED) is 0.471. The van der Waals surface area contributed by atoms with Crippen molar-refractivity contribution in [2.75, 3.05) is 6.61 Å². The minimum atomic E-state index is -0.0110. The van der Waals surface area contributed by atoms with Crippen LogP contribution in [-0.4, -0.2) is 12.4 Å². The van der Waals surface area contributed by atoms with Gasteiger partial charge in [-0.3, -0.25) is 4.79 Å². The first kappa shape index (κ1) is 15.5. The Bertz CT molecular complexity index is 647. The Balaban J connectivity index is 2.22. The smallest absolute Gasteiger partial charge is 0.195 e. The number of halogens is 2. The zero-order valence-electron chi connectivity index (χ0n) is 10.7. The third-order valence-corrected chi connectivity index (χ3v) is 4.70. The van der Waals surface area contributed by atoms with E-state index in [1.807, 2.05) is 36.6 Å². The van der Waals surface area contributed by atoms with Crippen molar-refractivity contribution in [1.82, 2.24) is 0 Å². The van der Waals surface area contributed by atoms with Crippen LogP contribution in [0.2, 0.25) is 0 Å². The number of allylic oxidation sites excluding steroid dienone is 1. The molecular formula is C15H12Br2O2S. The fourth-order valence-corrected chi connectivity index (χ4v) is 3.35. The van der Waals surface area contributed by atoms with Crippen molar-refractivity contribution in [3.63, 3.8) is 0 Å². The summed E-state index contributed by atoms with van der Waals surface area (Å²) in [4.78, 5) is 12.7. The molecule has 0 amide bonds. The van der Waals surface area contributed by atoms with Gasteiger partial charge in [-0.25, -0.2) is 0 Å². The van der Waals surface area contributed by atoms with Crippen molar-refractivity contribution in [3.05, 3.63) is 55.1 Å². The van der Waals surface area contributed by atoms with Crippen molar-refractivity contribution >= 4 is 55.1 Å². The molecule has 104 valence electrons. The number of benzene rings is 1. The van der Waals surface area contributed by atoms with Crippen LogP contribution in [0.15, 0.2) is 44.7 Å². The number of rotatable bonds is 5. The van der Waals surface area contributed by atoms with Gasteiger partial charge in [0.15, 0.2) is 5.78 Å². The Hall–Kier alpha value is -0.910. The van der Waals surface area contributed by atoms with Crippen LogP contribution >= 0.6 is 43.2 Å². The van der Waals surface area contributed by atoms with Gasteiger partial charge in [-0.1, -0.05) is 15.9 Å². The van der Waals surface area contributed by atoms with Crippen LogP contribution in [0.5, 0.6) is 5.75 Å². The molecule has 0 atom stereocenters. The van der Waals surface area contributed by atoms with E-state index >= 15 is 0 Å². The molecule has 2 rings (SSSR count). The minimum absolute atomic E-state index is 0.0110. The number of ether oxygens (including phenoxy) is 1. The first-order valence-electron chi connectivity index (χ1n) is 5.99. The van der Waals surface area contributed by atoms with E-state index < -0.39 is 0 Å². The normalized spacial score (nSPS) is 10.9. The maximum absolute atomic E-state index is 12.0. The van der Waals surface area contributed by atoms with Gasteiger partial charge in [0, 0.05) is 19.9 Å². The molecule has 1 aromatic carbocycles. The van der Waals surface area contributed by atoms with E-state index in [2.05, 4.69) is 31.9 Å². The van der Waals surface area contributed by atoms with Crippen LogP contribution in [0.25, 0.3) is 6.08 Å². The van der Waals surface area contributed by atoms with E-state index in [0.29, 0.717) is 11.5 Å². The molecule has 0 saturated heterocycles. The first-order valence-corrected chi connectivity index (χ1v) is 8.45. The summed E-state index contributed by atoms with van der Waals surface area (Å²) in [5.41, 5.74) is 0.880. The lowest BCUT2D eigenvalue weighted by Gasteiger charge is -2.07. The highest BCUT2D eigenvalue weighted by molar-refractivity contribution is 9.10. The summed E-state index contributed by atoms with van der Waals surface area (Å²) in [5.74, 6) is 0.759. The van der Waals surface area contributed by atoms with E-state index in [9.17, 15) is 4.79 Å². The lowest BCUT2D eigenvalue weighted by molar-refractivity contribution is 0.105. The molecule has 2 nitrogen and oxygen atoms in total. The summed E-state index contributed by atoms with van der Waals surface area (Å²) in [6, 6.07) is 7.56. The molecule has 0 spiro atoms. The van der Waals surface area contributed by atoms with Gasteiger partial charge >= 0.3 is 0 Å². The van der Waals surface area contributed by atoms with Crippen LogP contribution in [0.4, 0.5) is 0 Å². The van der Waals surface area contributed by atoms with Crippen molar-refractivity contribution in [2.24, 2.45) is 0 Å². The number of hydrogen-bond acceptors (Lipinski definition) is 3. The molecule has 0 bridgehead atoms. The molecule has 0 aliphatic rings. The minimum Gasteiger partial charge on any atom is -0.493 e. The predicted molar refractivity (Wildman–Crippen MR) is 90.7 cm³/mol. The molecule has 1 aromatic heterocycles. The number of thiophene rings is 1. The van der Waals surface area contributed by atoms with Crippen LogP contribution in [0.3, 0.4) is 0 Å². The fourth-order valence-electron chi connectivity index (χ4n) is 1.63. The van der Waals surface area contributed by atoms with Gasteiger partial charge < -0.3 is 4.74 Å². The van der Waals surface area contributed by atoms with Gasteiger partial charge in [-0.05, 0) is 59.3 Å². The summed E-state index contributed by atoms with van der Waals surface area (Å²) in [6.07, 6.45) is 3.36. The second-order valence-electron chi connectivity index (χ2n) is 3.94. The SMILES string of the molecule is CCOc1ccc(Br)cc1/C=C/C(=O)c1cc(Br)cs1. The first-order chi connectivity index (χ1) is 9.60. The maximum Gasteiger partial charge on any atom is 0.195 e. The molecule has 0 aliphatic carbocycles. The number of carbonyl (C=O) groups is 1. The predicted octanol–water partition coefficient (Wildman–Crippen LogP) is 5.57. The molecule has 0 N–H and O–H groups in total. The van der Waals surface area contributed by atoms with E-state index in [4.69, 9.17) is 4.74 Å². The van der Waals surface area contributed by atoms with Crippen molar-refractivity contribution < 1.29 is 9.53 Å². The summed E-state index contributed by atoms with van der Waals surface area (Å²) >= 11 is 8.19. The third kappa shape index (κ3) is 4.04. The Labute approximate surface area is 138 Å². The van der Waals surface area contributed by atoms with E-state index in [0.717, 1.165) is 20.3 Å². The number of ketones is 1. The summed E-state index contributed by atoms with van der Waals surface area (Å²) in [6.45, 7) is 2.53. The van der Waals surface area contributed by atoms with Crippen LogP contribution in [0.1, 0.15) is 22.2 Å². The standard InChI is InChI=1S/C15H12Br2O2S/c1-2-19-14-6-4-11(16)7-10(14)3-5-13(18)15-8-12(17)9-20-15/h3-9H,2H2,1H3/b5-3+. The van der Waals surface area contributed by atoms with E-state index in [1.165, 1.54) is 11.3 Å². The summed E-state index contributed by atoms with van der Waals surface area (Å²) < 4.78 is 7.42. The fraction of sp³-hybridized carbons (Fsp3) is 0.133. The van der Waals surface area contributed by atoms with E-state index in [1.54, 1.807) is 12.2 Å². The average Bonchev–Trinajstić information content (AvgIpc) is 2.85. The Morgan fingerprint density at radius 1 is 1.30 bits per heavy atom. The van der Waals surface area contributed by atoms with Crippen LogP contribution in [0, 0.1) is 0 Å². The maximum atomic E-state index is 12.0. The third-order valence-electron chi connectivity index (χ3n) is 2.50. The molecule has 5 heteroatoms. The van der Waals surface area contributed by atoms with Gasteiger partial charge in [0.2, 0.25) is 0 Å². The van der Waals surface area contributed by atoms with Gasteiger partial charge in [0.1, 0.15) is 5.75 Å². The zero-order valence-corrected chi connectivity index (χ0v) is 14.7. The second kappa shape index (κ2) is 7.20. The van der Waals surface area contributed by atoms with Crippen molar-refractivity contribution in [3.8, 4) is 5.75 Å². The molecule has 0 unspecified atom stereocenters. The Morgan fingerprint density at radius 2 is 2.10 bits per heavy atom. The zero-order chi connectivity index (χ0) is 14.5. The molecule has 1 heterocycles. The van der Waals surface area contributed by atoms with E-state index in [-0.39, 0.29) is 5.78 Å². The van der Waals surface area contributed by atoms with Gasteiger partial charge in [0.05, 0.1) is 11.5 Å². The van der Waals surface area contributed by atoms with Crippen LogP contribution in [-0.2, 0) is 0 Å². The van der Waals surface area contributed by atoms with Gasteiger partial charge in [0.25, 0.3) is 0 Å². The molecule has 2 aromatic rings. The highest BCUT2D eigenvalue weighted by Gasteiger charge is 2.06. The Kier molecular flexibility index (Phi) is 5.57. The monoisotopic (exact) mass is 414 g/mol. The Morgan fingerprint density at radius 3 is 2.75 bits per heavy atom. The highest BCUT2D eigenvalue weighted by Crippen LogP contribution is 2.25. The number of hydrogen-bond donors (Lipinski definition) is 0. The molecule has 20 heavy (non-hydrogen) atoms. The second-order valence-corrected chi connectivity index (χ2v) is 6.68. The number of carbonyl (C=O) groups excluding carboxylic acids is 1. The molecule has 0 aliphatic heterocycles. The van der Waals surface area contributed by atoms with Crippen molar-refractivity contribution in [1.29, 1.82) is 0 Å². The molecule has 0 radical (unpaired) electrons. The molecular weight excluding hydrogens is 404 g/mol. The highest BCUT2D eigenvalue weighted by atomic mass is 79.9. The molecule has 0 saturated carbocycles. The van der Waals surface area contributed by atoms with Gasteiger partial charge in [-0.15, -0.1) is 11.3 Å². The molecule has 0 fully saturated rings. The lowest BCUT2D eigenvalue weighted by Crippen LogP contribution is -1.94. The summed E-state index contributed by atoms with van der Waals surface area (Å²) in [7, 11) is 0. The topological polar surface area (TPSA) is 26.3 Å². The summed E-state index contributed by atoms with van der Waals surface area (Å²) in [5, 5.41) is 1.89. The average molecular weight is 416 g/mol.